The monoisotopic (exact) mass is 398 g/mol. The van der Waals surface area contributed by atoms with E-state index in [0.717, 1.165) is 0 Å². The van der Waals surface area contributed by atoms with Crippen LogP contribution in [0.15, 0.2) is 6.58 Å². The van der Waals surface area contributed by atoms with Crippen LogP contribution in [-0.4, -0.2) is 17.0 Å². The minimum Gasteiger partial charge on any atom is -0.478 e. The fraction of sp³-hybridized carbons (Fsp3) is 0.333. The highest BCUT2D eigenvalue weighted by molar-refractivity contribution is 5.97. The fourth-order valence-corrected chi connectivity index (χ4v) is 4.03. The van der Waals surface area contributed by atoms with Crippen LogP contribution >= 0.6 is 0 Å². The first-order chi connectivity index (χ1) is 13.5. The molecule has 0 heterocycles. The number of hydrogen-bond acceptors (Lipinski definition) is 3. The van der Waals surface area contributed by atoms with E-state index < -0.39 is 17.8 Å². The number of benzene rings is 2. The summed E-state index contributed by atoms with van der Waals surface area (Å²) in [6.07, 6.45) is 2.02. The fourth-order valence-electron chi connectivity index (χ4n) is 4.03. The second-order valence-corrected chi connectivity index (χ2v) is 7.29. The van der Waals surface area contributed by atoms with Gasteiger partial charge in [-0.15, -0.1) is 0 Å². The molecule has 0 saturated carbocycles. The number of esters is 1. The number of hydrogen-bond donors (Lipinski definition) is 1. The van der Waals surface area contributed by atoms with Gasteiger partial charge in [0, 0.05) is 0 Å². The van der Waals surface area contributed by atoms with Crippen molar-refractivity contribution in [3.63, 3.8) is 0 Å². The van der Waals surface area contributed by atoms with Crippen molar-refractivity contribution in [3.8, 4) is 5.75 Å². The van der Waals surface area contributed by atoms with Crippen LogP contribution in [-0.2, 0) is 6.42 Å². The number of aromatic carboxylic acids is 1. The molecule has 29 heavy (non-hydrogen) atoms. The molecule has 0 aliphatic rings. The smallest absolute Gasteiger partial charge is 0.344 e. The maximum Gasteiger partial charge on any atom is 0.344 e. The number of carbonyl (C=O) groups is 2. The molecular formula is C24H27FO4. The van der Waals surface area contributed by atoms with Crippen molar-refractivity contribution in [2.45, 2.75) is 54.9 Å². The Labute approximate surface area is 171 Å². The number of rotatable bonds is 5. The molecule has 0 radical (unpaired) electrons. The molecule has 0 fully saturated rings. The van der Waals surface area contributed by atoms with Crippen LogP contribution in [0.4, 0.5) is 4.39 Å². The molecule has 0 spiro atoms. The lowest BCUT2D eigenvalue weighted by atomic mass is 9.90. The summed E-state index contributed by atoms with van der Waals surface area (Å²) in [5.74, 6) is -1.80. The Balaban J connectivity index is 2.71. The van der Waals surface area contributed by atoms with Crippen molar-refractivity contribution in [3.05, 3.63) is 68.0 Å². The third-order valence-electron chi connectivity index (χ3n) is 5.77. The molecule has 4 nitrogen and oxygen atoms in total. The second-order valence-electron chi connectivity index (χ2n) is 7.29. The minimum atomic E-state index is -1.02. The lowest BCUT2D eigenvalue weighted by molar-refractivity contribution is 0.0694. The van der Waals surface area contributed by atoms with E-state index in [1.54, 1.807) is 41.5 Å². The Morgan fingerprint density at radius 2 is 1.52 bits per heavy atom. The first kappa shape index (κ1) is 22.3. The lowest BCUT2D eigenvalue weighted by Gasteiger charge is -2.21. The van der Waals surface area contributed by atoms with Gasteiger partial charge in [-0.3, -0.25) is 0 Å². The van der Waals surface area contributed by atoms with Gasteiger partial charge in [0.15, 0.2) is 0 Å². The normalized spacial score (nSPS) is 10.8. The third kappa shape index (κ3) is 3.57. The Morgan fingerprint density at radius 3 is 2.00 bits per heavy atom. The van der Waals surface area contributed by atoms with Crippen molar-refractivity contribution >= 4 is 18.0 Å². The van der Waals surface area contributed by atoms with Gasteiger partial charge < -0.3 is 9.84 Å². The van der Waals surface area contributed by atoms with Gasteiger partial charge in [0.1, 0.15) is 11.6 Å². The lowest BCUT2D eigenvalue weighted by Crippen LogP contribution is -2.18. The zero-order valence-electron chi connectivity index (χ0n) is 18.0. The highest BCUT2D eigenvalue weighted by atomic mass is 19.1. The summed E-state index contributed by atoms with van der Waals surface area (Å²) in [7, 11) is 0. The van der Waals surface area contributed by atoms with Crippen molar-refractivity contribution in [1.29, 1.82) is 0 Å². The van der Waals surface area contributed by atoms with Gasteiger partial charge >= 0.3 is 11.9 Å². The molecule has 0 unspecified atom stereocenters. The van der Waals surface area contributed by atoms with E-state index in [2.05, 4.69) is 6.58 Å². The van der Waals surface area contributed by atoms with E-state index in [1.807, 2.05) is 6.92 Å². The van der Waals surface area contributed by atoms with Gasteiger partial charge in [-0.05, 0) is 92.5 Å². The van der Waals surface area contributed by atoms with Crippen molar-refractivity contribution in [2.75, 3.05) is 0 Å². The summed E-state index contributed by atoms with van der Waals surface area (Å²) < 4.78 is 20.5. The molecule has 0 aromatic heterocycles. The summed E-state index contributed by atoms with van der Waals surface area (Å²) in [6.45, 7) is 15.7. The second kappa shape index (κ2) is 8.19. The van der Waals surface area contributed by atoms with Crippen LogP contribution in [0.5, 0.6) is 5.75 Å². The summed E-state index contributed by atoms with van der Waals surface area (Å²) in [5.41, 5.74) is 4.59. The number of carbonyl (C=O) groups excluding carboxylic acids is 1. The van der Waals surface area contributed by atoms with Crippen LogP contribution in [0.3, 0.4) is 0 Å². The van der Waals surface area contributed by atoms with Crippen molar-refractivity contribution in [1.82, 2.24) is 0 Å². The molecule has 2 aromatic rings. The highest BCUT2D eigenvalue weighted by Gasteiger charge is 2.26. The van der Waals surface area contributed by atoms with E-state index in [-0.39, 0.29) is 16.7 Å². The predicted octanol–water partition coefficient (Wildman–Crippen LogP) is 5.80. The molecular weight excluding hydrogens is 371 g/mol. The van der Waals surface area contributed by atoms with Gasteiger partial charge in [-0.2, -0.15) is 0 Å². The average molecular weight is 398 g/mol. The van der Waals surface area contributed by atoms with Gasteiger partial charge in [0.25, 0.3) is 0 Å². The number of halogens is 1. The molecule has 0 aliphatic carbocycles. The van der Waals surface area contributed by atoms with Gasteiger partial charge in [-0.25, -0.2) is 14.0 Å². The Kier molecular flexibility index (Phi) is 6.31. The number of carboxylic acid groups (broad SMARTS) is 1. The van der Waals surface area contributed by atoms with Crippen molar-refractivity contribution in [2.24, 2.45) is 0 Å². The first-order valence-corrected chi connectivity index (χ1v) is 9.49. The number of ether oxygens (including phenoxy) is 1. The zero-order chi connectivity index (χ0) is 22.2. The largest absolute Gasteiger partial charge is 0.478 e. The molecule has 0 atom stereocenters. The molecule has 0 saturated heterocycles. The third-order valence-corrected chi connectivity index (χ3v) is 5.77. The summed E-state index contributed by atoms with van der Waals surface area (Å²) in [4.78, 5) is 24.8. The molecule has 2 rings (SSSR count). The molecule has 0 amide bonds. The van der Waals surface area contributed by atoms with Gasteiger partial charge in [0.2, 0.25) is 0 Å². The van der Waals surface area contributed by atoms with E-state index in [0.29, 0.717) is 51.1 Å². The molecule has 0 bridgehead atoms. The topological polar surface area (TPSA) is 63.6 Å². The van der Waals surface area contributed by atoms with Crippen LogP contribution in [0.1, 0.15) is 72.1 Å². The Bertz CT molecular complexity index is 1050. The maximum absolute atomic E-state index is 14.7. The van der Waals surface area contributed by atoms with Gasteiger partial charge in [-0.1, -0.05) is 19.6 Å². The Morgan fingerprint density at radius 1 is 0.931 bits per heavy atom. The first-order valence-electron chi connectivity index (χ1n) is 9.49. The van der Waals surface area contributed by atoms with E-state index in [9.17, 15) is 19.1 Å². The summed E-state index contributed by atoms with van der Waals surface area (Å²) >= 11 is 0. The molecule has 5 heteroatoms. The van der Waals surface area contributed by atoms with Crippen LogP contribution < -0.4 is 4.74 Å². The quantitative estimate of drug-likeness (QED) is 0.511. The molecule has 154 valence electrons. The maximum atomic E-state index is 14.7. The standard InChI is InChI=1S/C24H27FO4/c1-9-17-13(5)20(16(8)21(25)15(17)7)24(28)29-22-12(4)11(3)19(23(26)27)14(6)18(22)10-2/h9H,1,10H2,2-8H3,(H,26,27). The van der Waals surface area contributed by atoms with Crippen LogP contribution in [0.2, 0.25) is 0 Å². The molecule has 1 N–H and O–H groups in total. The SMILES string of the molecule is C=Cc1c(C)c(F)c(C)c(C(=O)Oc2c(C)c(C)c(C(=O)O)c(C)c2CC)c1C. The molecule has 0 aliphatic heterocycles. The highest BCUT2D eigenvalue weighted by Crippen LogP contribution is 2.35. The molecule has 2 aromatic carbocycles. The summed E-state index contributed by atoms with van der Waals surface area (Å²) in [5, 5.41) is 9.57. The predicted molar refractivity (Wildman–Crippen MR) is 113 cm³/mol. The van der Waals surface area contributed by atoms with Crippen molar-refractivity contribution < 1.29 is 23.8 Å². The van der Waals surface area contributed by atoms with E-state index in [1.165, 1.54) is 6.08 Å². The van der Waals surface area contributed by atoms with E-state index >= 15 is 0 Å². The van der Waals surface area contributed by atoms with Gasteiger partial charge in [0.05, 0.1) is 11.1 Å². The van der Waals surface area contributed by atoms with Crippen LogP contribution in [0, 0.1) is 47.4 Å². The summed E-state index contributed by atoms with van der Waals surface area (Å²) in [6, 6.07) is 0. The van der Waals surface area contributed by atoms with Crippen LogP contribution in [0.25, 0.3) is 6.08 Å². The van der Waals surface area contributed by atoms with E-state index in [4.69, 9.17) is 4.74 Å². The average Bonchev–Trinajstić information content (AvgIpc) is 2.64. The zero-order valence-corrected chi connectivity index (χ0v) is 18.0. The minimum absolute atomic E-state index is 0.169. The Hall–Kier alpha value is -2.95. The number of carboxylic acids is 1.